The molecule has 0 aliphatic carbocycles. The average molecular weight is 728 g/mol. The van der Waals surface area contributed by atoms with Crippen molar-refractivity contribution in [2.24, 2.45) is 0 Å². The van der Waals surface area contributed by atoms with E-state index >= 15 is 0 Å². The van der Waals surface area contributed by atoms with E-state index in [1.54, 1.807) is 5.82 Å². The number of hydrogen-bond donors (Lipinski definition) is 0. The van der Waals surface area contributed by atoms with E-state index in [2.05, 4.69) is 42.3 Å². The van der Waals surface area contributed by atoms with Gasteiger partial charge in [-0.3, -0.25) is 0 Å². The first-order chi connectivity index (χ1) is 25.8. The minimum atomic E-state index is 1.23. The lowest BCUT2D eigenvalue weighted by Crippen LogP contribution is -2.37. The fraction of sp³-hybridized carbons (Fsp3) is 0.940. The van der Waals surface area contributed by atoms with Crippen molar-refractivity contribution in [2.75, 3.05) is 0 Å². The lowest BCUT2D eigenvalue weighted by molar-refractivity contribution is -0.704. The second-order valence-electron chi connectivity index (χ2n) is 17.3. The van der Waals surface area contributed by atoms with Gasteiger partial charge in [0.25, 0.3) is 5.82 Å². The van der Waals surface area contributed by atoms with Gasteiger partial charge in [0, 0.05) is 6.42 Å². The van der Waals surface area contributed by atoms with Gasteiger partial charge in [0.05, 0.1) is 13.1 Å². The number of aryl methyl sites for hydroxylation is 2. The topological polar surface area (TPSA) is 8.81 Å². The van der Waals surface area contributed by atoms with Gasteiger partial charge in [0.15, 0.2) is 0 Å². The summed E-state index contributed by atoms with van der Waals surface area (Å²) in [6, 6.07) is 0. The van der Waals surface area contributed by atoms with Gasteiger partial charge in [0.2, 0.25) is 0 Å². The molecular weight excluding hydrogens is 629 g/mol. The van der Waals surface area contributed by atoms with Crippen molar-refractivity contribution in [1.82, 2.24) is 4.57 Å². The first kappa shape index (κ1) is 49.2. The van der Waals surface area contributed by atoms with E-state index in [4.69, 9.17) is 0 Å². The number of hydrogen-bond acceptors (Lipinski definition) is 0. The molecule has 2 heteroatoms. The molecule has 0 fully saturated rings. The lowest BCUT2D eigenvalue weighted by atomic mass is 10.0. The highest BCUT2D eigenvalue weighted by Crippen LogP contribution is 2.17. The Morgan fingerprint density at radius 2 is 0.596 bits per heavy atom. The Morgan fingerprint density at radius 3 is 0.923 bits per heavy atom. The summed E-state index contributed by atoms with van der Waals surface area (Å²) in [7, 11) is 0. The molecule has 1 rings (SSSR count). The fourth-order valence-electron chi connectivity index (χ4n) is 8.45. The van der Waals surface area contributed by atoms with Gasteiger partial charge < -0.3 is 0 Å². The first-order valence-corrected chi connectivity index (χ1v) is 24.9. The molecule has 1 aromatic heterocycles. The Labute approximate surface area is 329 Å². The van der Waals surface area contributed by atoms with E-state index in [-0.39, 0.29) is 0 Å². The lowest BCUT2D eigenvalue weighted by Gasteiger charge is -2.07. The number of rotatable bonds is 44. The van der Waals surface area contributed by atoms with Crippen LogP contribution in [0.25, 0.3) is 0 Å². The van der Waals surface area contributed by atoms with Crippen LogP contribution in [0.2, 0.25) is 0 Å². The zero-order valence-electron chi connectivity index (χ0n) is 36.7. The summed E-state index contributed by atoms with van der Waals surface area (Å²) in [5.74, 6) is 1.63. The van der Waals surface area contributed by atoms with E-state index in [1.807, 2.05) is 0 Å². The molecular formula is C50H99N2+. The van der Waals surface area contributed by atoms with Crippen LogP contribution in [0.4, 0.5) is 0 Å². The predicted octanol–water partition coefficient (Wildman–Crippen LogP) is 17.4. The Morgan fingerprint density at radius 1 is 0.327 bits per heavy atom. The molecule has 2 nitrogen and oxygen atoms in total. The predicted molar refractivity (Wildman–Crippen MR) is 235 cm³/mol. The fourth-order valence-corrected chi connectivity index (χ4v) is 8.45. The quantitative estimate of drug-likeness (QED) is 0.0467. The third kappa shape index (κ3) is 32.6. The SMILES string of the molecule is CCCCCCCCCCCCCCCCCc1n(CCCCCCCCCCCCCCCCC)cc[n+]1CCCCCCCCCCCCC. The molecule has 0 aliphatic rings. The van der Waals surface area contributed by atoms with Crippen LogP contribution >= 0.6 is 0 Å². The molecule has 0 aromatic carbocycles. The van der Waals surface area contributed by atoms with E-state index in [0.717, 1.165) is 0 Å². The van der Waals surface area contributed by atoms with Gasteiger partial charge in [-0.25, -0.2) is 9.13 Å². The molecule has 0 saturated heterocycles. The summed E-state index contributed by atoms with van der Waals surface area (Å²) >= 11 is 0. The van der Waals surface area contributed by atoms with Crippen LogP contribution in [-0.2, 0) is 19.5 Å². The molecule has 0 atom stereocenters. The smallest absolute Gasteiger partial charge is 0.234 e. The van der Waals surface area contributed by atoms with Gasteiger partial charge >= 0.3 is 0 Å². The summed E-state index contributed by atoms with van der Waals surface area (Å²) in [6.07, 6.45) is 65.3. The molecule has 0 radical (unpaired) electrons. The van der Waals surface area contributed by atoms with Crippen LogP contribution in [0.15, 0.2) is 12.4 Å². The molecule has 52 heavy (non-hydrogen) atoms. The van der Waals surface area contributed by atoms with Gasteiger partial charge in [-0.1, -0.05) is 252 Å². The molecule has 0 aliphatic heterocycles. The third-order valence-corrected chi connectivity index (χ3v) is 12.1. The second kappa shape index (κ2) is 41.4. The van der Waals surface area contributed by atoms with Crippen LogP contribution in [0.5, 0.6) is 0 Å². The Balaban J connectivity index is 2.25. The molecule has 1 aromatic rings. The van der Waals surface area contributed by atoms with Gasteiger partial charge in [-0.15, -0.1) is 0 Å². The monoisotopic (exact) mass is 728 g/mol. The minimum absolute atomic E-state index is 1.23. The number of aromatic nitrogens is 2. The van der Waals surface area contributed by atoms with Gasteiger partial charge in [0.1, 0.15) is 12.4 Å². The Kier molecular flexibility index (Phi) is 39.2. The summed E-state index contributed by atoms with van der Waals surface area (Å²) in [4.78, 5) is 0. The standard InChI is InChI=1S/C50H99N2/c1-4-7-10-13-16-19-22-24-26-28-30-33-36-39-42-45-50-51(46-43-40-37-34-31-21-18-15-12-9-6-3)48-49-52(50)47-44-41-38-35-32-29-27-25-23-20-17-14-11-8-5-2/h48-49H,4-47H2,1-3H3/q+1. The average Bonchev–Trinajstić information content (AvgIpc) is 3.54. The van der Waals surface area contributed by atoms with Crippen LogP contribution < -0.4 is 4.57 Å². The van der Waals surface area contributed by atoms with Crippen molar-refractivity contribution >= 4 is 0 Å². The summed E-state index contributed by atoms with van der Waals surface area (Å²) in [5, 5.41) is 0. The second-order valence-corrected chi connectivity index (χ2v) is 17.3. The van der Waals surface area contributed by atoms with Crippen molar-refractivity contribution in [2.45, 2.75) is 304 Å². The van der Waals surface area contributed by atoms with Crippen LogP contribution in [-0.4, -0.2) is 4.57 Å². The van der Waals surface area contributed by atoms with Crippen LogP contribution in [0.1, 0.15) is 290 Å². The van der Waals surface area contributed by atoms with E-state index in [0.29, 0.717) is 0 Å². The van der Waals surface area contributed by atoms with E-state index in [9.17, 15) is 0 Å². The summed E-state index contributed by atoms with van der Waals surface area (Å²) < 4.78 is 5.31. The van der Waals surface area contributed by atoms with Crippen molar-refractivity contribution < 1.29 is 4.57 Å². The molecule has 0 saturated carbocycles. The maximum Gasteiger partial charge on any atom is 0.256 e. The summed E-state index contributed by atoms with van der Waals surface area (Å²) in [5.41, 5.74) is 0. The van der Waals surface area contributed by atoms with Crippen LogP contribution in [0.3, 0.4) is 0 Å². The molecule has 0 amide bonds. The molecule has 0 bridgehead atoms. The molecule has 0 spiro atoms. The van der Waals surface area contributed by atoms with Crippen molar-refractivity contribution in [3.8, 4) is 0 Å². The van der Waals surface area contributed by atoms with E-state index < -0.39 is 0 Å². The Hall–Kier alpha value is -0.790. The van der Waals surface area contributed by atoms with Gasteiger partial charge in [-0.2, -0.15) is 0 Å². The van der Waals surface area contributed by atoms with Crippen molar-refractivity contribution in [3.05, 3.63) is 18.2 Å². The van der Waals surface area contributed by atoms with Crippen LogP contribution in [0, 0.1) is 0 Å². The zero-order chi connectivity index (χ0) is 37.3. The minimum Gasteiger partial charge on any atom is -0.234 e. The molecule has 1 heterocycles. The normalized spacial score (nSPS) is 11.7. The largest absolute Gasteiger partial charge is 0.256 e. The maximum atomic E-state index is 2.66. The van der Waals surface area contributed by atoms with Crippen molar-refractivity contribution in [1.29, 1.82) is 0 Å². The summed E-state index contributed by atoms with van der Waals surface area (Å²) in [6.45, 7) is 9.42. The molecule has 0 N–H and O–H groups in total. The number of imidazole rings is 1. The van der Waals surface area contributed by atoms with Gasteiger partial charge in [-0.05, 0) is 32.1 Å². The number of unbranched alkanes of at least 4 members (excludes halogenated alkanes) is 38. The highest BCUT2D eigenvalue weighted by atomic mass is 15.1. The third-order valence-electron chi connectivity index (χ3n) is 12.1. The molecule has 308 valence electrons. The zero-order valence-corrected chi connectivity index (χ0v) is 36.7. The number of nitrogens with zero attached hydrogens (tertiary/aromatic N) is 2. The molecule has 0 unspecified atom stereocenters. The maximum absolute atomic E-state index is 2.66. The van der Waals surface area contributed by atoms with E-state index in [1.165, 1.54) is 283 Å². The Bertz CT molecular complexity index is 796. The highest BCUT2D eigenvalue weighted by molar-refractivity contribution is 4.84. The van der Waals surface area contributed by atoms with Crippen molar-refractivity contribution in [3.63, 3.8) is 0 Å². The highest BCUT2D eigenvalue weighted by Gasteiger charge is 2.16. The first-order valence-electron chi connectivity index (χ1n) is 24.9.